The van der Waals surface area contributed by atoms with Crippen LogP contribution in [0.1, 0.15) is 5.56 Å². The van der Waals surface area contributed by atoms with Gasteiger partial charge in [-0.25, -0.2) is 0 Å². The summed E-state index contributed by atoms with van der Waals surface area (Å²) in [4.78, 5) is 20.6. The molecule has 0 saturated carbocycles. The van der Waals surface area contributed by atoms with Crippen LogP contribution in [-0.2, 0) is 5.75 Å². The third kappa shape index (κ3) is 3.54. The Morgan fingerprint density at radius 1 is 1.00 bits per heavy atom. The van der Waals surface area contributed by atoms with Gasteiger partial charge in [0, 0.05) is 17.9 Å². The molecule has 0 aromatic heterocycles. The number of para-hydroxylation sites is 1. The molecule has 0 aliphatic rings. The highest BCUT2D eigenvalue weighted by molar-refractivity contribution is 7.98. The van der Waals surface area contributed by atoms with Crippen LogP contribution in [0.25, 0.3) is 0 Å². The fraction of sp³-hybridized carbons (Fsp3) is 0.0769. The number of nitro groups is 2. The molecular formula is C13H9FN2O4S. The van der Waals surface area contributed by atoms with Crippen molar-refractivity contribution in [2.45, 2.75) is 10.6 Å². The van der Waals surface area contributed by atoms with Crippen LogP contribution in [0.2, 0.25) is 0 Å². The molecule has 2 aromatic rings. The monoisotopic (exact) mass is 308 g/mol. The first-order valence-electron chi connectivity index (χ1n) is 5.78. The molecule has 0 heterocycles. The molecule has 2 aromatic carbocycles. The predicted octanol–water partition coefficient (Wildman–Crippen LogP) is 3.93. The van der Waals surface area contributed by atoms with E-state index in [0.29, 0.717) is 10.5 Å². The highest BCUT2D eigenvalue weighted by Crippen LogP contribution is 2.31. The van der Waals surface area contributed by atoms with E-state index in [1.54, 1.807) is 18.2 Å². The molecule has 108 valence electrons. The average Bonchev–Trinajstić information content (AvgIpc) is 2.45. The first-order valence-corrected chi connectivity index (χ1v) is 6.76. The number of benzene rings is 2. The Bertz CT molecular complexity index is 708. The van der Waals surface area contributed by atoms with Gasteiger partial charge in [-0.3, -0.25) is 20.2 Å². The summed E-state index contributed by atoms with van der Waals surface area (Å²) in [5, 5.41) is 21.4. The van der Waals surface area contributed by atoms with Gasteiger partial charge >= 0.3 is 5.69 Å². The van der Waals surface area contributed by atoms with Crippen molar-refractivity contribution in [3.63, 3.8) is 0 Å². The molecule has 21 heavy (non-hydrogen) atoms. The van der Waals surface area contributed by atoms with Crippen LogP contribution < -0.4 is 0 Å². The van der Waals surface area contributed by atoms with Gasteiger partial charge in [-0.15, -0.1) is 11.8 Å². The summed E-state index contributed by atoms with van der Waals surface area (Å²) in [6, 6.07) is 9.82. The standard InChI is InChI=1S/C13H9FN2O4S/c14-10-7-9(5-6-11(10)15(17)18)8-21-13-4-2-1-3-12(13)16(19)20/h1-7H,8H2. The van der Waals surface area contributed by atoms with E-state index in [2.05, 4.69) is 0 Å². The maximum absolute atomic E-state index is 13.5. The van der Waals surface area contributed by atoms with Crippen molar-refractivity contribution in [1.82, 2.24) is 0 Å². The van der Waals surface area contributed by atoms with Gasteiger partial charge in [0.1, 0.15) is 0 Å². The fourth-order valence-electron chi connectivity index (χ4n) is 1.68. The van der Waals surface area contributed by atoms with E-state index < -0.39 is 21.4 Å². The summed E-state index contributed by atoms with van der Waals surface area (Å²) in [6.07, 6.45) is 0. The van der Waals surface area contributed by atoms with Crippen molar-refractivity contribution in [1.29, 1.82) is 0 Å². The molecular weight excluding hydrogens is 299 g/mol. The van der Waals surface area contributed by atoms with Crippen LogP contribution in [0, 0.1) is 26.0 Å². The first kappa shape index (κ1) is 14.9. The number of hydrogen-bond acceptors (Lipinski definition) is 5. The van der Waals surface area contributed by atoms with Crippen LogP contribution in [0.5, 0.6) is 0 Å². The molecule has 0 radical (unpaired) electrons. The predicted molar refractivity (Wildman–Crippen MR) is 75.7 cm³/mol. The molecule has 0 fully saturated rings. The molecule has 0 atom stereocenters. The molecule has 2 rings (SSSR count). The molecule has 6 nitrogen and oxygen atoms in total. The molecule has 0 bridgehead atoms. The number of halogens is 1. The summed E-state index contributed by atoms with van der Waals surface area (Å²) in [5.74, 6) is -0.639. The lowest BCUT2D eigenvalue weighted by atomic mass is 10.2. The summed E-state index contributed by atoms with van der Waals surface area (Å²) in [5.41, 5.74) is -0.0967. The highest BCUT2D eigenvalue weighted by atomic mass is 32.2. The minimum absolute atomic E-state index is 0.0233. The zero-order valence-electron chi connectivity index (χ0n) is 10.6. The third-order valence-electron chi connectivity index (χ3n) is 2.67. The highest BCUT2D eigenvalue weighted by Gasteiger charge is 2.15. The lowest BCUT2D eigenvalue weighted by Crippen LogP contribution is -1.94. The van der Waals surface area contributed by atoms with E-state index in [4.69, 9.17) is 0 Å². The van der Waals surface area contributed by atoms with Gasteiger partial charge in [-0.05, 0) is 17.7 Å². The molecule has 0 aliphatic heterocycles. The minimum atomic E-state index is -0.916. The van der Waals surface area contributed by atoms with Gasteiger partial charge in [0.25, 0.3) is 5.69 Å². The zero-order valence-corrected chi connectivity index (χ0v) is 11.4. The van der Waals surface area contributed by atoms with Crippen LogP contribution in [0.3, 0.4) is 0 Å². The van der Waals surface area contributed by atoms with Crippen molar-refractivity contribution >= 4 is 23.1 Å². The molecule has 0 amide bonds. The SMILES string of the molecule is O=[N+]([O-])c1ccc(CSc2ccccc2[N+](=O)[O-])cc1F. The number of hydrogen-bond donors (Lipinski definition) is 0. The Hall–Kier alpha value is -2.48. The van der Waals surface area contributed by atoms with Gasteiger partial charge in [-0.1, -0.05) is 18.2 Å². The first-order chi connectivity index (χ1) is 9.99. The van der Waals surface area contributed by atoms with Crippen LogP contribution >= 0.6 is 11.8 Å². The smallest absolute Gasteiger partial charge is 0.258 e. The summed E-state index contributed by atoms with van der Waals surface area (Å²) < 4.78 is 13.5. The second kappa shape index (κ2) is 6.31. The van der Waals surface area contributed by atoms with Crippen LogP contribution in [-0.4, -0.2) is 9.85 Å². The van der Waals surface area contributed by atoms with Crippen molar-refractivity contribution in [2.75, 3.05) is 0 Å². The van der Waals surface area contributed by atoms with Gasteiger partial charge in [0.2, 0.25) is 5.82 Å². The largest absolute Gasteiger partial charge is 0.304 e. The summed E-state index contributed by atoms with van der Waals surface area (Å²) in [7, 11) is 0. The van der Waals surface area contributed by atoms with E-state index >= 15 is 0 Å². The van der Waals surface area contributed by atoms with Crippen molar-refractivity contribution in [3.05, 3.63) is 74.1 Å². The second-order valence-corrected chi connectivity index (χ2v) is 5.07. The van der Waals surface area contributed by atoms with Gasteiger partial charge < -0.3 is 0 Å². The molecule has 0 aliphatic carbocycles. The molecule has 8 heteroatoms. The van der Waals surface area contributed by atoms with Gasteiger partial charge in [-0.2, -0.15) is 4.39 Å². The number of nitrogens with zero attached hydrogens (tertiary/aromatic N) is 2. The Morgan fingerprint density at radius 3 is 2.29 bits per heavy atom. The maximum Gasteiger partial charge on any atom is 0.304 e. The minimum Gasteiger partial charge on any atom is -0.258 e. The van der Waals surface area contributed by atoms with E-state index in [1.807, 2.05) is 0 Å². The summed E-state index contributed by atoms with van der Waals surface area (Å²) >= 11 is 1.17. The lowest BCUT2D eigenvalue weighted by Gasteiger charge is -2.03. The van der Waals surface area contributed by atoms with E-state index in [0.717, 1.165) is 12.1 Å². The average molecular weight is 308 g/mol. The van der Waals surface area contributed by atoms with Crippen LogP contribution in [0.4, 0.5) is 15.8 Å². The Balaban J connectivity index is 2.16. The molecule has 0 unspecified atom stereocenters. The van der Waals surface area contributed by atoms with E-state index in [-0.39, 0.29) is 11.4 Å². The van der Waals surface area contributed by atoms with E-state index in [9.17, 15) is 24.6 Å². The zero-order chi connectivity index (χ0) is 15.4. The third-order valence-corrected chi connectivity index (χ3v) is 3.80. The second-order valence-electron chi connectivity index (χ2n) is 4.06. The summed E-state index contributed by atoms with van der Waals surface area (Å²) in [6.45, 7) is 0. The number of nitro benzene ring substituents is 2. The Labute approximate surface area is 122 Å². The van der Waals surface area contributed by atoms with Gasteiger partial charge in [0.05, 0.1) is 14.7 Å². The quantitative estimate of drug-likeness (QED) is 0.474. The van der Waals surface area contributed by atoms with Crippen molar-refractivity contribution in [3.8, 4) is 0 Å². The Kier molecular flexibility index (Phi) is 4.49. The number of rotatable bonds is 5. The topological polar surface area (TPSA) is 86.3 Å². The lowest BCUT2D eigenvalue weighted by molar-refractivity contribution is -0.387. The molecule has 0 spiro atoms. The van der Waals surface area contributed by atoms with Crippen LogP contribution in [0.15, 0.2) is 47.4 Å². The normalized spacial score (nSPS) is 10.3. The maximum atomic E-state index is 13.5. The molecule has 0 saturated heterocycles. The van der Waals surface area contributed by atoms with Crippen molar-refractivity contribution in [2.24, 2.45) is 0 Å². The van der Waals surface area contributed by atoms with Gasteiger partial charge in [0.15, 0.2) is 0 Å². The Morgan fingerprint density at radius 2 is 1.67 bits per heavy atom. The fourth-order valence-corrected chi connectivity index (χ4v) is 2.65. The molecule has 0 N–H and O–H groups in total. The van der Waals surface area contributed by atoms with E-state index in [1.165, 1.54) is 23.9 Å². The van der Waals surface area contributed by atoms with Crippen molar-refractivity contribution < 1.29 is 14.2 Å². The number of thioether (sulfide) groups is 1.